The number of aromatic nitrogens is 2. The molecule has 0 atom stereocenters. The second kappa shape index (κ2) is 8.95. The lowest BCUT2D eigenvalue weighted by Gasteiger charge is -2.32. The molecule has 1 aliphatic heterocycles. The first-order valence-corrected chi connectivity index (χ1v) is 10.2. The highest BCUT2D eigenvalue weighted by Gasteiger charge is 2.25. The number of carbonyl (C=O) groups is 1. The summed E-state index contributed by atoms with van der Waals surface area (Å²) < 4.78 is 6.94. The van der Waals surface area contributed by atoms with Crippen LogP contribution in [0.2, 0.25) is 0 Å². The minimum atomic E-state index is -0.103. The van der Waals surface area contributed by atoms with Crippen molar-refractivity contribution >= 4 is 5.91 Å². The second-order valence-electron chi connectivity index (χ2n) is 7.47. The second-order valence-corrected chi connectivity index (χ2v) is 7.47. The van der Waals surface area contributed by atoms with E-state index in [0.717, 1.165) is 22.6 Å². The van der Waals surface area contributed by atoms with E-state index >= 15 is 0 Å². The topological polar surface area (TPSA) is 64.4 Å². The molecule has 0 N–H and O–H groups in total. The highest BCUT2D eigenvalue weighted by molar-refractivity contribution is 5.79. The number of hydrogen-bond acceptors (Lipinski definition) is 4. The predicted molar refractivity (Wildman–Crippen MR) is 115 cm³/mol. The lowest BCUT2D eigenvalue weighted by Crippen LogP contribution is -2.42. The van der Waals surface area contributed by atoms with Gasteiger partial charge >= 0.3 is 0 Å². The van der Waals surface area contributed by atoms with Crippen LogP contribution in [0.3, 0.4) is 0 Å². The van der Waals surface area contributed by atoms with E-state index in [0.29, 0.717) is 32.4 Å². The molecule has 2 aromatic carbocycles. The zero-order valence-electron chi connectivity index (χ0n) is 17.0. The molecule has 0 aliphatic carbocycles. The van der Waals surface area contributed by atoms with E-state index in [-0.39, 0.29) is 17.5 Å². The largest absolute Gasteiger partial charge is 0.496 e. The SMILES string of the molecule is COc1ccccc1CC(=O)N1CCC(n2nc(-c3ccccc3)ccc2=O)CC1. The van der Waals surface area contributed by atoms with Crippen molar-refractivity contribution in [3.8, 4) is 17.0 Å². The Morgan fingerprint density at radius 1 is 1.00 bits per heavy atom. The van der Waals surface area contributed by atoms with E-state index in [1.807, 2.05) is 59.5 Å². The highest BCUT2D eigenvalue weighted by atomic mass is 16.5. The van der Waals surface area contributed by atoms with Crippen molar-refractivity contribution in [1.29, 1.82) is 0 Å². The zero-order chi connectivity index (χ0) is 20.9. The summed E-state index contributed by atoms with van der Waals surface area (Å²) in [5.41, 5.74) is 2.55. The number of likely N-dealkylation sites (tertiary alicyclic amines) is 1. The van der Waals surface area contributed by atoms with Crippen LogP contribution in [0.4, 0.5) is 0 Å². The summed E-state index contributed by atoms with van der Waals surface area (Å²) in [4.78, 5) is 27.1. The Kier molecular flexibility index (Phi) is 5.93. The molecule has 4 rings (SSSR count). The van der Waals surface area contributed by atoms with Crippen molar-refractivity contribution in [2.75, 3.05) is 20.2 Å². The molecule has 0 spiro atoms. The van der Waals surface area contributed by atoms with E-state index in [9.17, 15) is 9.59 Å². The maximum atomic E-state index is 12.8. The third-order valence-corrected chi connectivity index (χ3v) is 5.59. The van der Waals surface area contributed by atoms with Crippen LogP contribution in [-0.2, 0) is 11.2 Å². The van der Waals surface area contributed by atoms with Crippen LogP contribution in [0, 0.1) is 0 Å². The van der Waals surface area contributed by atoms with Crippen molar-refractivity contribution in [1.82, 2.24) is 14.7 Å². The summed E-state index contributed by atoms with van der Waals surface area (Å²) in [7, 11) is 1.61. The maximum absolute atomic E-state index is 12.8. The molecule has 2 heterocycles. The zero-order valence-corrected chi connectivity index (χ0v) is 17.0. The third-order valence-electron chi connectivity index (χ3n) is 5.59. The molecular formula is C24H25N3O3. The molecule has 0 bridgehead atoms. The molecule has 1 aromatic heterocycles. The van der Waals surface area contributed by atoms with Gasteiger partial charge in [-0.15, -0.1) is 0 Å². The number of amides is 1. The molecule has 0 radical (unpaired) electrons. The number of rotatable bonds is 5. The lowest BCUT2D eigenvalue weighted by molar-refractivity contribution is -0.131. The smallest absolute Gasteiger partial charge is 0.267 e. The standard InChI is InChI=1S/C24H25N3O3/c1-30-22-10-6-5-9-19(22)17-24(29)26-15-13-20(14-16-26)27-23(28)12-11-21(25-27)18-7-3-2-4-8-18/h2-12,20H,13-17H2,1H3. The van der Waals surface area contributed by atoms with Gasteiger partial charge in [-0.1, -0.05) is 48.5 Å². The van der Waals surface area contributed by atoms with Gasteiger partial charge in [-0.3, -0.25) is 9.59 Å². The van der Waals surface area contributed by atoms with Crippen LogP contribution >= 0.6 is 0 Å². The average Bonchev–Trinajstić information content (AvgIpc) is 2.80. The molecule has 1 amide bonds. The van der Waals surface area contributed by atoms with Gasteiger partial charge in [0.05, 0.1) is 25.3 Å². The Morgan fingerprint density at radius 2 is 1.70 bits per heavy atom. The van der Waals surface area contributed by atoms with Gasteiger partial charge in [0, 0.05) is 30.3 Å². The highest BCUT2D eigenvalue weighted by Crippen LogP contribution is 2.24. The lowest BCUT2D eigenvalue weighted by atomic mass is 10.0. The summed E-state index contributed by atoms with van der Waals surface area (Å²) >= 11 is 0. The van der Waals surface area contributed by atoms with Crippen molar-refractivity contribution < 1.29 is 9.53 Å². The number of benzene rings is 2. The summed E-state index contributed by atoms with van der Waals surface area (Å²) in [6, 6.07) is 20.8. The fraction of sp³-hybridized carbons (Fsp3) is 0.292. The van der Waals surface area contributed by atoms with Gasteiger partial charge in [-0.05, 0) is 25.0 Å². The fourth-order valence-corrected chi connectivity index (χ4v) is 3.93. The predicted octanol–water partition coefficient (Wildman–Crippen LogP) is 3.33. The van der Waals surface area contributed by atoms with Crippen molar-refractivity contribution in [2.24, 2.45) is 0 Å². The molecule has 0 unspecified atom stereocenters. The Hall–Kier alpha value is -3.41. The molecule has 154 valence electrons. The Morgan fingerprint density at radius 3 is 2.43 bits per heavy atom. The molecule has 6 heteroatoms. The number of ether oxygens (including phenoxy) is 1. The monoisotopic (exact) mass is 403 g/mol. The molecular weight excluding hydrogens is 378 g/mol. The van der Waals surface area contributed by atoms with E-state index in [1.165, 1.54) is 0 Å². The molecule has 30 heavy (non-hydrogen) atoms. The van der Waals surface area contributed by atoms with Gasteiger partial charge in [-0.2, -0.15) is 5.10 Å². The summed E-state index contributed by atoms with van der Waals surface area (Å²) in [5, 5.41) is 4.61. The summed E-state index contributed by atoms with van der Waals surface area (Å²) in [5.74, 6) is 0.811. The first-order valence-electron chi connectivity index (χ1n) is 10.2. The first kappa shape index (κ1) is 19.9. The molecule has 1 saturated heterocycles. The van der Waals surface area contributed by atoms with Gasteiger partial charge in [0.25, 0.3) is 5.56 Å². The number of para-hydroxylation sites is 1. The molecule has 1 fully saturated rings. The molecule has 1 aliphatic rings. The van der Waals surface area contributed by atoms with Crippen molar-refractivity contribution in [3.63, 3.8) is 0 Å². The normalized spacial score (nSPS) is 14.5. The van der Waals surface area contributed by atoms with E-state index in [2.05, 4.69) is 5.10 Å². The maximum Gasteiger partial charge on any atom is 0.267 e. The van der Waals surface area contributed by atoms with Gasteiger partial charge in [0.2, 0.25) is 5.91 Å². The quantitative estimate of drug-likeness (QED) is 0.656. The average molecular weight is 403 g/mol. The van der Waals surface area contributed by atoms with Crippen LogP contribution in [0.5, 0.6) is 5.75 Å². The number of hydrogen-bond donors (Lipinski definition) is 0. The summed E-state index contributed by atoms with van der Waals surface area (Å²) in [6.07, 6.45) is 1.74. The Labute approximate surface area is 175 Å². The van der Waals surface area contributed by atoms with E-state index < -0.39 is 0 Å². The molecule has 0 saturated carbocycles. The Bertz CT molecular complexity index is 1070. The van der Waals surface area contributed by atoms with Crippen LogP contribution in [0.15, 0.2) is 71.5 Å². The first-order chi connectivity index (χ1) is 14.7. The number of carbonyl (C=O) groups excluding carboxylic acids is 1. The minimum absolute atomic E-state index is 0.00327. The van der Waals surface area contributed by atoms with Gasteiger partial charge in [-0.25, -0.2) is 4.68 Å². The van der Waals surface area contributed by atoms with Gasteiger partial charge in [0.1, 0.15) is 5.75 Å². The number of nitrogens with zero attached hydrogens (tertiary/aromatic N) is 3. The van der Waals surface area contributed by atoms with E-state index in [1.54, 1.807) is 23.9 Å². The number of piperidine rings is 1. The number of methoxy groups -OCH3 is 1. The Balaban J connectivity index is 1.43. The van der Waals surface area contributed by atoms with E-state index in [4.69, 9.17) is 4.74 Å². The van der Waals surface area contributed by atoms with Crippen LogP contribution in [0.1, 0.15) is 24.4 Å². The molecule has 3 aromatic rings. The van der Waals surface area contributed by atoms with Crippen LogP contribution < -0.4 is 10.3 Å². The summed E-state index contributed by atoms with van der Waals surface area (Å²) in [6.45, 7) is 1.23. The fourth-order valence-electron chi connectivity index (χ4n) is 3.93. The van der Waals surface area contributed by atoms with Crippen LogP contribution in [0.25, 0.3) is 11.3 Å². The van der Waals surface area contributed by atoms with Crippen molar-refractivity contribution in [3.05, 3.63) is 82.6 Å². The van der Waals surface area contributed by atoms with Gasteiger partial charge in [0.15, 0.2) is 0 Å². The minimum Gasteiger partial charge on any atom is -0.496 e. The van der Waals surface area contributed by atoms with Gasteiger partial charge < -0.3 is 9.64 Å². The van der Waals surface area contributed by atoms with Crippen LogP contribution in [-0.4, -0.2) is 40.8 Å². The molecule has 6 nitrogen and oxygen atoms in total. The van der Waals surface area contributed by atoms with Crippen molar-refractivity contribution in [2.45, 2.75) is 25.3 Å². The third kappa shape index (κ3) is 4.27.